The number of primary amides is 1. The number of carbonyl (C=O) groups excluding carboxylic acids is 1. The average molecular weight is 286 g/mol. The highest BCUT2D eigenvalue weighted by atomic mass is 16.1. The maximum atomic E-state index is 11.3. The van der Waals surface area contributed by atoms with Gasteiger partial charge >= 0.3 is 0 Å². The van der Waals surface area contributed by atoms with Gasteiger partial charge < -0.3 is 10.6 Å². The molecule has 1 aromatic heterocycles. The van der Waals surface area contributed by atoms with Crippen LogP contribution in [0.3, 0.4) is 0 Å². The number of hydrogen-bond acceptors (Lipinski definition) is 4. The van der Waals surface area contributed by atoms with Gasteiger partial charge in [-0.25, -0.2) is 4.98 Å². The number of rotatable bonds is 5. The molecular weight excluding hydrogens is 264 g/mol. The number of carbonyl (C=O) groups is 1. The SMILES string of the molecule is CC(C)CN(CC(N)=O)c1nc2c(cc1C#N)CCCC2. The van der Waals surface area contributed by atoms with Crippen molar-refractivity contribution < 1.29 is 4.79 Å². The quantitative estimate of drug-likeness (QED) is 0.894. The summed E-state index contributed by atoms with van der Waals surface area (Å²) in [7, 11) is 0. The Kier molecular flexibility index (Phi) is 4.79. The summed E-state index contributed by atoms with van der Waals surface area (Å²) in [6.45, 7) is 4.89. The van der Waals surface area contributed by atoms with Crippen LogP contribution < -0.4 is 10.6 Å². The van der Waals surface area contributed by atoms with Gasteiger partial charge in [-0.3, -0.25) is 4.79 Å². The van der Waals surface area contributed by atoms with E-state index in [2.05, 4.69) is 24.9 Å². The molecule has 0 atom stereocenters. The second-order valence-electron chi connectivity index (χ2n) is 6.02. The molecule has 1 aromatic rings. The zero-order chi connectivity index (χ0) is 15.4. The van der Waals surface area contributed by atoms with E-state index in [1.165, 1.54) is 5.56 Å². The van der Waals surface area contributed by atoms with E-state index in [-0.39, 0.29) is 6.54 Å². The molecule has 0 saturated carbocycles. The topological polar surface area (TPSA) is 83.0 Å². The van der Waals surface area contributed by atoms with Crippen LogP contribution in [0, 0.1) is 17.2 Å². The fraction of sp³-hybridized carbons (Fsp3) is 0.562. The Morgan fingerprint density at radius 3 is 2.81 bits per heavy atom. The first-order valence-corrected chi connectivity index (χ1v) is 7.47. The Morgan fingerprint density at radius 1 is 1.48 bits per heavy atom. The van der Waals surface area contributed by atoms with Gasteiger partial charge in [-0.2, -0.15) is 5.26 Å². The lowest BCUT2D eigenvalue weighted by molar-refractivity contribution is -0.116. The van der Waals surface area contributed by atoms with Crippen LogP contribution in [0.2, 0.25) is 0 Å². The van der Waals surface area contributed by atoms with Gasteiger partial charge in [0.25, 0.3) is 0 Å². The normalized spacial score (nSPS) is 13.6. The van der Waals surface area contributed by atoms with Crippen molar-refractivity contribution in [2.24, 2.45) is 11.7 Å². The highest BCUT2D eigenvalue weighted by Crippen LogP contribution is 2.26. The Bertz CT molecular complexity index is 574. The molecule has 112 valence electrons. The highest BCUT2D eigenvalue weighted by Gasteiger charge is 2.20. The van der Waals surface area contributed by atoms with E-state index in [0.29, 0.717) is 23.8 Å². The van der Waals surface area contributed by atoms with E-state index >= 15 is 0 Å². The third-order valence-electron chi connectivity index (χ3n) is 3.63. The zero-order valence-corrected chi connectivity index (χ0v) is 12.7. The summed E-state index contributed by atoms with van der Waals surface area (Å²) in [6, 6.07) is 4.15. The molecule has 0 saturated heterocycles. The summed E-state index contributed by atoms with van der Waals surface area (Å²) in [6.07, 6.45) is 4.21. The van der Waals surface area contributed by atoms with Gasteiger partial charge in [0, 0.05) is 12.2 Å². The monoisotopic (exact) mass is 286 g/mol. The van der Waals surface area contributed by atoms with Crippen molar-refractivity contribution in [2.75, 3.05) is 18.0 Å². The number of fused-ring (bicyclic) bond motifs is 1. The predicted molar refractivity (Wildman–Crippen MR) is 81.8 cm³/mol. The highest BCUT2D eigenvalue weighted by molar-refractivity contribution is 5.79. The average Bonchev–Trinajstić information content (AvgIpc) is 2.44. The van der Waals surface area contributed by atoms with Crippen molar-refractivity contribution in [1.82, 2.24) is 4.98 Å². The first-order valence-electron chi connectivity index (χ1n) is 7.47. The number of aryl methyl sites for hydroxylation is 2. The van der Waals surface area contributed by atoms with Crippen LogP contribution >= 0.6 is 0 Å². The number of amides is 1. The number of aromatic nitrogens is 1. The first-order chi connectivity index (χ1) is 10.0. The van der Waals surface area contributed by atoms with Crippen molar-refractivity contribution >= 4 is 11.7 Å². The van der Waals surface area contributed by atoms with Crippen molar-refractivity contribution in [2.45, 2.75) is 39.5 Å². The molecule has 2 rings (SSSR count). The minimum Gasteiger partial charge on any atom is -0.368 e. The predicted octanol–water partition coefficient (Wildman–Crippen LogP) is 1.78. The fourth-order valence-electron chi connectivity index (χ4n) is 2.80. The van der Waals surface area contributed by atoms with Crippen LogP contribution in [0.1, 0.15) is 43.5 Å². The molecule has 1 amide bonds. The zero-order valence-electron chi connectivity index (χ0n) is 12.7. The second-order valence-corrected chi connectivity index (χ2v) is 6.02. The van der Waals surface area contributed by atoms with Crippen molar-refractivity contribution in [3.63, 3.8) is 0 Å². The van der Waals surface area contributed by atoms with Gasteiger partial charge in [0.2, 0.25) is 5.91 Å². The van der Waals surface area contributed by atoms with E-state index in [1.54, 1.807) is 0 Å². The molecule has 0 radical (unpaired) electrons. The summed E-state index contributed by atoms with van der Waals surface area (Å²) in [4.78, 5) is 17.8. The van der Waals surface area contributed by atoms with Crippen LogP contribution in [-0.2, 0) is 17.6 Å². The molecule has 0 fully saturated rings. The minimum atomic E-state index is -0.404. The van der Waals surface area contributed by atoms with E-state index < -0.39 is 5.91 Å². The smallest absolute Gasteiger partial charge is 0.236 e. The third-order valence-corrected chi connectivity index (χ3v) is 3.63. The maximum absolute atomic E-state index is 11.3. The van der Waals surface area contributed by atoms with E-state index in [0.717, 1.165) is 31.4 Å². The van der Waals surface area contributed by atoms with Gasteiger partial charge in [-0.15, -0.1) is 0 Å². The van der Waals surface area contributed by atoms with Gasteiger partial charge in [0.05, 0.1) is 12.1 Å². The molecule has 0 spiro atoms. The number of nitrogens with two attached hydrogens (primary N) is 1. The Balaban J connectivity index is 2.42. The lowest BCUT2D eigenvalue weighted by atomic mass is 9.94. The number of nitrogens with zero attached hydrogens (tertiary/aromatic N) is 3. The number of pyridine rings is 1. The largest absolute Gasteiger partial charge is 0.368 e. The molecular formula is C16H22N4O. The van der Waals surface area contributed by atoms with E-state index in [9.17, 15) is 10.1 Å². The number of hydrogen-bond donors (Lipinski definition) is 1. The standard InChI is InChI=1S/C16H22N4O/c1-11(2)9-20(10-15(18)21)16-13(8-17)7-12-5-3-4-6-14(12)19-16/h7,11H,3-6,9-10H2,1-2H3,(H2,18,21). The second kappa shape index (κ2) is 6.57. The van der Waals surface area contributed by atoms with Gasteiger partial charge in [0.1, 0.15) is 11.9 Å². The van der Waals surface area contributed by atoms with Crippen molar-refractivity contribution in [3.05, 3.63) is 22.9 Å². The third kappa shape index (κ3) is 3.72. The molecule has 0 bridgehead atoms. The Labute approximate surface area is 125 Å². The van der Waals surface area contributed by atoms with Crippen LogP contribution in [-0.4, -0.2) is 24.0 Å². The Hall–Kier alpha value is -2.09. The summed E-state index contributed by atoms with van der Waals surface area (Å²) >= 11 is 0. The molecule has 1 heterocycles. The van der Waals surface area contributed by atoms with Crippen LogP contribution in [0.25, 0.3) is 0 Å². The maximum Gasteiger partial charge on any atom is 0.236 e. The number of nitriles is 1. The number of anilines is 1. The van der Waals surface area contributed by atoms with Gasteiger partial charge in [-0.05, 0) is 43.2 Å². The molecule has 0 unspecified atom stereocenters. The van der Waals surface area contributed by atoms with Crippen LogP contribution in [0.4, 0.5) is 5.82 Å². The lowest BCUT2D eigenvalue weighted by Crippen LogP contribution is -2.37. The van der Waals surface area contributed by atoms with Gasteiger partial charge in [0.15, 0.2) is 0 Å². The molecule has 2 N–H and O–H groups in total. The van der Waals surface area contributed by atoms with Crippen molar-refractivity contribution in [1.29, 1.82) is 5.26 Å². The van der Waals surface area contributed by atoms with Gasteiger partial charge in [-0.1, -0.05) is 13.8 Å². The Morgan fingerprint density at radius 2 is 2.19 bits per heavy atom. The minimum absolute atomic E-state index is 0.0959. The fourth-order valence-corrected chi connectivity index (χ4v) is 2.80. The molecule has 5 nitrogen and oxygen atoms in total. The summed E-state index contributed by atoms with van der Waals surface area (Å²) in [5.74, 6) is 0.554. The molecule has 5 heteroatoms. The summed E-state index contributed by atoms with van der Waals surface area (Å²) in [5, 5.41) is 9.40. The molecule has 0 aliphatic heterocycles. The molecule has 1 aliphatic carbocycles. The lowest BCUT2D eigenvalue weighted by Gasteiger charge is -2.27. The molecule has 21 heavy (non-hydrogen) atoms. The van der Waals surface area contributed by atoms with E-state index in [4.69, 9.17) is 5.73 Å². The summed E-state index contributed by atoms with van der Waals surface area (Å²) < 4.78 is 0. The first kappa shape index (κ1) is 15.3. The molecule has 1 aliphatic rings. The summed E-state index contributed by atoms with van der Waals surface area (Å²) in [5.41, 5.74) is 8.12. The van der Waals surface area contributed by atoms with Crippen LogP contribution in [0.5, 0.6) is 0 Å². The van der Waals surface area contributed by atoms with E-state index in [1.807, 2.05) is 11.0 Å². The van der Waals surface area contributed by atoms with Crippen molar-refractivity contribution in [3.8, 4) is 6.07 Å². The molecule has 0 aromatic carbocycles. The van der Waals surface area contributed by atoms with Crippen LogP contribution in [0.15, 0.2) is 6.07 Å².